The van der Waals surface area contributed by atoms with Crippen molar-refractivity contribution in [2.24, 2.45) is 5.73 Å². The summed E-state index contributed by atoms with van der Waals surface area (Å²) in [7, 11) is 6.89. The van der Waals surface area contributed by atoms with Crippen molar-refractivity contribution >= 4 is 93.6 Å². The average Bonchev–Trinajstić information content (AvgIpc) is 4.51. The molecule has 0 fully saturated rings. The van der Waals surface area contributed by atoms with E-state index in [1.807, 2.05) is 42.5 Å². The van der Waals surface area contributed by atoms with Crippen LogP contribution in [0.15, 0.2) is 163 Å². The van der Waals surface area contributed by atoms with Gasteiger partial charge in [0.2, 0.25) is 0 Å². The highest BCUT2D eigenvalue weighted by atomic mass is 35.5. The number of benzene rings is 3. The summed E-state index contributed by atoms with van der Waals surface area (Å²) in [5, 5.41) is 29.3. The Bertz CT molecular complexity index is 4060. The van der Waals surface area contributed by atoms with Gasteiger partial charge in [0.15, 0.2) is 17.1 Å². The highest BCUT2D eigenvalue weighted by molar-refractivity contribution is 7.23. The summed E-state index contributed by atoms with van der Waals surface area (Å²) in [6.07, 6.45) is 21.3. The third-order valence-corrected chi connectivity index (χ3v) is 17.2. The smallest absolute Gasteiger partial charge is 0.275 e. The van der Waals surface area contributed by atoms with Crippen molar-refractivity contribution in [2.75, 3.05) is 34.8 Å². The fourth-order valence-electron chi connectivity index (χ4n) is 9.05. The molecule has 0 saturated carbocycles. The van der Waals surface area contributed by atoms with Crippen molar-refractivity contribution in [3.8, 4) is 31.3 Å². The number of hydrogen-bond donors (Lipinski definition) is 1. The lowest BCUT2D eigenvalue weighted by molar-refractivity contribution is 0.0816. The van der Waals surface area contributed by atoms with Crippen LogP contribution < -0.4 is 5.73 Å². The Morgan fingerprint density at radius 1 is 0.568 bits per heavy atom. The maximum Gasteiger partial charge on any atom is 0.275 e. The van der Waals surface area contributed by atoms with Crippen LogP contribution in [-0.4, -0.2) is 92.9 Å². The number of primary amides is 1. The van der Waals surface area contributed by atoms with Gasteiger partial charge in [-0.15, -0.1) is 49.3 Å². The van der Waals surface area contributed by atoms with Crippen LogP contribution in [0.1, 0.15) is 72.5 Å². The van der Waals surface area contributed by atoms with Crippen molar-refractivity contribution in [1.29, 1.82) is 0 Å². The predicted molar refractivity (Wildman–Crippen MR) is 327 cm³/mol. The second-order valence-electron chi connectivity index (χ2n) is 19.9. The number of allylic oxidation sites excluding steroid dienone is 8. The number of rotatable bonds is 12. The van der Waals surface area contributed by atoms with Crippen LogP contribution in [0.3, 0.4) is 0 Å². The van der Waals surface area contributed by atoms with Crippen LogP contribution in [0.25, 0.3) is 61.6 Å². The number of carbonyl (C=O) groups excluding carboxylic acids is 3. The van der Waals surface area contributed by atoms with Gasteiger partial charge in [0.1, 0.15) is 6.61 Å². The quantitative estimate of drug-likeness (QED) is 0.123. The first-order valence-electron chi connectivity index (χ1n) is 26.0. The van der Waals surface area contributed by atoms with Crippen LogP contribution in [0.4, 0.5) is 0 Å². The molecule has 3 aromatic carbocycles. The molecule has 0 radical (unpaired) electrons. The molecule has 408 valence electrons. The van der Waals surface area contributed by atoms with Gasteiger partial charge >= 0.3 is 0 Å². The second kappa shape index (κ2) is 24.9. The van der Waals surface area contributed by atoms with Crippen LogP contribution >= 0.6 is 45.6 Å². The van der Waals surface area contributed by atoms with Gasteiger partial charge in [-0.2, -0.15) is 15.3 Å². The minimum atomic E-state index is -0.540. The number of fused-ring (bicyclic) bond motifs is 3. The van der Waals surface area contributed by atoms with Gasteiger partial charge in [0, 0.05) is 83.3 Å². The molecular weight excluding hydrogens is 1090 g/mol. The van der Waals surface area contributed by atoms with Gasteiger partial charge in [-0.3, -0.25) is 14.4 Å². The summed E-state index contributed by atoms with van der Waals surface area (Å²) in [5.74, 6) is -0.834. The van der Waals surface area contributed by atoms with Crippen molar-refractivity contribution in [1.82, 2.24) is 40.4 Å². The molecular formula is C63H56ClN9O5S3. The normalized spacial score (nSPS) is 13.3. The molecule has 2 N–H and O–H groups in total. The van der Waals surface area contributed by atoms with Crippen LogP contribution in [-0.2, 0) is 28.7 Å². The topological polar surface area (TPSA) is 180 Å². The molecule has 1 aliphatic carbocycles. The van der Waals surface area contributed by atoms with Crippen LogP contribution in [0, 0.1) is 13.8 Å². The van der Waals surface area contributed by atoms with E-state index in [9.17, 15) is 14.4 Å². The predicted octanol–water partition coefficient (Wildman–Crippen LogP) is 13.6. The van der Waals surface area contributed by atoms with Gasteiger partial charge < -0.3 is 25.0 Å². The summed E-state index contributed by atoms with van der Waals surface area (Å²) >= 11 is 10.7. The number of aryl methyl sites for hydroxylation is 2. The Labute approximate surface area is 485 Å². The second-order valence-corrected chi connectivity index (χ2v) is 23.5. The standard InChI is InChI=1S/C22H21N3O2S.C21H18ClN3O2S.C20H17N3OS/c1-14-6-8-16(9-7-14)19-12-17-18(11-15-5-4-10-27-13-15)23-24-20(21(17)28-19)22(26)25(2)3;1-25(2)21(26)19-20-16(11-18(28-20)14-5-7-15(22)8-6-14)17(23-24-19)10-13-4-3-9-27-12-13;1-12-6-8-14(9-7-12)17-11-15-16(10-13-4-2-3-5-13)22-23-18(20(21)24)19(15)25-17/h4,6-10,12-13H,5,11H2,1-3H3;3-8,11-12H,9-10H2,1-2H3;2,4-9,11H,3,10H2,1H3,(H2,21,24). The molecule has 14 nitrogen and oxygen atoms in total. The number of hydrogen-bond acceptors (Lipinski definition) is 14. The molecule has 0 atom stereocenters. The molecule has 0 bridgehead atoms. The van der Waals surface area contributed by atoms with Crippen LogP contribution in [0.2, 0.25) is 5.02 Å². The van der Waals surface area contributed by atoms with E-state index in [1.54, 1.807) is 81.0 Å². The number of nitrogens with zero attached hydrogens (tertiary/aromatic N) is 8. The lowest BCUT2D eigenvalue weighted by Crippen LogP contribution is -2.23. The van der Waals surface area contributed by atoms with Gasteiger partial charge in [-0.25, -0.2) is 0 Å². The van der Waals surface area contributed by atoms with E-state index in [0.29, 0.717) is 42.3 Å². The molecule has 6 aromatic heterocycles. The first kappa shape index (κ1) is 55.8. The molecule has 9 aromatic rings. The molecule has 2 aliphatic heterocycles. The van der Waals surface area contributed by atoms with E-state index in [0.717, 1.165) is 103 Å². The Morgan fingerprint density at radius 2 is 1.02 bits per heavy atom. The number of halogens is 1. The van der Waals surface area contributed by atoms with Crippen molar-refractivity contribution in [3.05, 3.63) is 213 Å². The van der Waals surface area contributed by atoms with E-state index in [2.05, 4.69) is 129 Å². The summed E-state index contributed by atoms with van der Waals surface area (Å²) in [6.45, 7) is 4.72. The van der Waals surface area contributed by atoms with Crippen LogP contribution in [0.5, 0.6) is 0 Å². The third kappa shape index (κ3) is 12.9. The van der Waals surface area contributed by atoms with Gasteiger partial charge in [-0.05, 0) is 103 Å². The highest BCUT2D eigenvalue weighted by Gasteiger charge is 2.24. The van der Waals surface area contributed by atoms with Gasteiger partial charge in [-0.1, -0.05) is 108 Å². The third-order valence-electron chi connectivity index (χ3n) is 13.4. The number of thiophene rings is 3. The maximum absolute atomic E-state index is 12.6. The average molecular weight is 1150 g/mol. The molecule has 18 heteroatoms. The molecule has 0 spiro atoms. The molecule has 12 rings (SSSR count). The van der Waals surface area contributed by atoms with E-state index in [-0.39, 0.29) is 17.5 Å². The Hall–Kier alpha value is -8.48. The molecule has 3 amide bonds. The number of carbonyl (C=O) groups is 3. The zero-order chi connectivity index (χ0) is 56.7. The Balaban J connectivity index is 0.000000137. The zero-order valence-electron chi connectivity index (χ0n) is 45.4. The monoisotopic (exact) mass is 1150 g/mol. The van der Waals surface area contributed by atoms with Crippen molar-refractivity contribution < 1.29 is 23.9 Å². The van der Waals surface area contributed by atoms with E-state index in [4.69, 9.17) is 26.8 Å². The number of amides is 3. The summed E-state index contributed by atoms with van der Waals surface area (Å²) in [4.78, 5) is 43.3. The summed E-state index contributed by atoms with van der Waals surface area (Å²) in [5.41, 5.74) is 18.2. The fourth-order valence-corrected chi connectivity index (χ4v) is 12.7. The van der Waals surface area contributed by atoms with E-state index < -0.39 is 5.91 Å². The molecule has 0 unspecified atom stereocenters. The summed E-state index contributed by atoms with van der Waals surface area (Å²) < 4.78 is 13.2. The largest absolute Gasteiger partial charge is 0.497 e. The number of nitrogens with two attached hydrogens (primary N) is 1. The zero-order valence-corrected chi connectivity index (χ0v) is 48.6. The molecule has 0 saturated heterocycles. The first-order valence-corrected chi connectivity index (χ1v) is 28.8. The maximum atomic E-state index is 12.6. The van der Waals surface area contributed by atoms with Crippen molar-refractivity contribution in [2.45, 2.75) is 46.0 Å². The SMILES string of the molecule is CN(C)C(=O)c1nnc(CC2=COCC=C2)c2cc(-c3ccc(Cl)cc3)sc12.Cc1ccc(-c2cc3c(CC4=CCC=C4)nnc(C(N)=O)c3s2)cc1.Cc1ccc(-c2cc3c(CC4=COC=CC4)nnc(C(=O)N(C)C)c3s2)cc1. The minimum absolute atomic E-state index is 0.135. The lowest BCUT2D eigenvalue weighted by Gasteiger charge is -2.12. The van der Waals surface area contributed by atoms with Gasteiger partial charge in [0.05, 0.1) is 50.0 Å². The highest BCUT2D eigenvalue weighted by Crippen LogP contribution is 2.40. The lowest BCUT2D eigenvalue weighted by atomic mass is 10.0. The Kier molecular flexibility index (Phi) is 17.2. The summed E-state index contributed by atoms with van der Waals surface area (Å²) in [6, 6.07) is 30.7. The number of aromatic nitrogens is 6. The Morgan fingerprint density at radius 3 is 1.46 bits per heavy atom. The number of ether oxygens (including phenoxy) is 2. The molecule has 3 aliphatic rings. The minimum Gasteiger partial charge on any atom is -0.497 e. The van der Waals surface area contributed by atoms with Crippen molar-refractivity contribution in [3.63, 3.8) is 0 Å². The fraction of sp³-hybridized carbons (Fsp3) is 0.190. The van der Waals surface area contributed by atoms with E-state index in [1.165, 1.54) is 26.5 Å². The molecule has 8 heterocycles. The van der Waals surface area contributed by atoms with Gasteiger partial charge in [0.25, 0.3) is 17.7 Å². The molecule has 81 heavy (non-hydrogen) atoms. The van der Waals surface area contributed by atoms with E-state index >= 15 is 0 Å². The first-order chi connectivity index (χ1) is 39.2.